The largest absolute Gasteiger partial charge is 0.497 e. The van der Waals surface area contributed by atoms with Crippen LogP contribution in [0.3, 0.4) is 0 Å². The Morgan fingerprint density at radius 2 is 2.00 bits per heavy atom. The number of thiazole rings is 1. The number of carbonyl (C=O) groups is 1. The molecule has 3 aromatic rings. The highest BCUT2D eigenvalue weighted by Crippen LogP contribution is 2.30. The molecule has 1 amide bonds. The number of hydrogen-bond acceptors (Lipinski definition) is 5. The van der Waals surface area contributed by atoms with Crippen molar-refractivity contribution in [1.82, 2.24) is 4.98 Å². The number of carbonyl (C=O) groups excluding carboxylic acids is 1. The number of ether oxygens (including phenoxy) is 2. The van der Waals surface area contributed by atoms with E-state index >= 15 is 0 Å². The Morgan fingerprint density at radius 3 is 2.74 bits per heavy atom. The molecule has 1 heterocycles. The number of anilines is 1. The van der Waals surface area contributed by atoms with Gasteiger partial charge in [-0.25, -0.2) is 4.98 Å². The predicted molar refractivity (Wildman–Crippen MR) is 92.1 cm³/mol. The van der Waals surface area contributed by atoms with E-state index in [1.54, 1.807) is 31.4 Å². The first kappa shape index (κ1) is 15.6. The van der Waals surface area contributed by atoms with Gasteiger partial charge in [0.2, 0.25) is 0 Å². The van der Waals surface area contributed by atoms with Gasteiger partial charge < -0.3 is 9.47 Å². The van der Waals surface area contributed by atoms with Crippen molar-refractivity contribution in [3.05, 3.63) is 47.0 Å². The second-order valence-electron chi connectivity index (χ2n) is 4.65. The summed E-state index contributed by atoms with van der Waals surface area (Å²) in [4.78, 5) is 16.9. The average molecular weight is 349 g/mol. The van der Waals surface area contributed by atoms with Crippen LogP contribution < -0.4 is 14.8 Å². The predicted octanol–water partition coefficient (Wildman–Crippen LogP) is 4.22. The molecule has 1 N–H and O–H groups in total. The van der Waals surface area contributed by atoms with Crippen molar-refractivity contribution in [3.8, 4) is 11.5 Å². The quantitative estimate of drug-likeness (QED) is 0.766. The lowest BCUT2D eigenvalue weighted by Gasteiger charge is -2.09. The molecule has 0 aliphatic heterocycles. The molecule has 0 saturated heterocycles. The van der Waals surface area contributed by atoms with Crippen LogP contribution in [0.2, 0.25) is 5.02 Å². The molecule has 0 saturated carbocycles. The van der Waals surface area contributed by atoms with Crippen LogP contribution in [0.15, 0.2) is 36.4 Å². The highest BCUT2D eigenvalue weighted by atomic mass is 35.5. The molecule has 0 spiro atoms. The van der Waals surface area contributed by atoms with Gasteiger partial charge >= 0.3 is 0 Å². The molecule has 118 valence electrons. The van der Waals surface area contributed by atoms with Crippen LogP contribution in [0.5, 0.6) is 11.5 Å². The van der Waals surface area contributed by atoms with Crippen LogP contribution in [0.25, 0.3) is 10.2 Å². The molecule has 23 heavy (non-hydrogen) atoms. The molecular formula is C16H13ClN2O3S. The first-order valence-electron chi connectivity index (χ1n) is 6.70. The average Bonchev–Trinajstić information content (AvgIpc) is 2.95. The maximum atomic E-state index is 12.5. The van der Waals surface area contributed by atoms with E-state index in [4.69, 9.17) is 21.1 Å². The molecule has 7 heteroatoms. The lowest BCUT2D eigenvalue weighted by molar-refractivity contribution is 0.102. The molecule has 3 rings (SSSR count). The Kier molecular flexibility index (Phi) is 4.36. The minimum absolute atomic E-state index is 0.314. The molecule has 0 unspecified atom stereocenters. The van der Waals surface area contributed by atoms with Crippen LogP contribution in [0.1, 0.15) is 10.4 Å². The van der Waals surface area contributed by atoms with E-state index in [-0.39, 0.29) is 5.91 Å². The van der Waals surface area contributed by atoms with E-state index in [9.17, 15) is 4.79 Å². The van der Waals surface area contributed by atoms with Gasteiger partial charge in [-0.2, -0.15) is 0 Å². The number of hydrogen-bond donors (Lipinski definition) is 1. The smallest absolute Gasteiger partial charge is 0.261 e. The van der Waals surface area contributed by atoms with E-state index in [2.05, 4.69) is 10.3 Å². The van der Waals surface area contributed by atoms with Crippen molar-refractivity contribution in [1.29, 1.82) is 0 Å². The Labute approximate surface area is 141 Å². The summed E-state index contributed by atoms with van der Waals surface area (Å²) in [6, 6.07) is 10.4. The zero-order valence-corrected chi connectivity index (χ0v) is 14.0. The van der Waals surface area contributed by atoms with Crippen LogP contribution in [-0.4, -0.2) is 25.1 Å². The number of amides is 1. The molecule has 0 aliphatic rings. The van der Waals surface area contributed by atoms with Crippen molar-refractivity contribution in [2.24, 2.45) is 0 Å². The van der Waals surface area contributed by atoms with Crippen LogP contribution in [0.4, 0.5) is 5.13 Å². The van der Waals surface area contributed by atoms with Crippen molar-refractivity contribution < 1.29 is 14.3 Å². The normalized spacial score (nSPS) is 10.6. The van der Waals surface area contributed by atoms with Crippen LogP contribution in [0, 0.1) is 0 Å². The van der Waals surface area contributed by atoms with Crippen LogP contribution >= 0.6 is 22.9 Å². The molecule has 1 aromatic heterocycles. The fraction of sp³-hybridized carbons (Fsp3) is 0.125. The summed E-state index contributed by atoms with van der Waals surface area (Å²) in [5, 5.41) is 3.91. The Bertz CT molecular complexity index is 879. The number of benzene rings is 2. The Balaban J connectivity index is 1.90. The van der Waals surface area contributed by atoms with Gasteiger partial charge in [-0.15, -0.1) is 0 Å². The third kappa shape index (κ3) is 3.23. The van der Waals surface area contributed by atoms with Gasteiger partial charge in [0, 0.05) is 5.02 Å². The summed E-state index contributed by atoms with van der Waals surface area (Å²) < 4.78 is 11.3. The molecule has 0 atom stereocenters. The Hall–Kier alpha value is -2.31. The summed E-state index contributed by atoms with van der Waals surface area (Å²) in [5.74, 6) is 0.727. The zero-order chi connectivity index (χ0) is 16.4. The summed E-state index contributed by atoms with van der Waals surface area (Å²) in [7, 11) is 3.05. The first-order chi connectivity index (χ1) is 11.1. The number of aromatic nitrogens is 1. The van der Waals surface area contributed by atoms with Gasteiger partial charge in [-0.3, -0.25) is 10.1 Å². The number of nitrogens with one attached hydrogen (secondary N) is 1. The number of fused-ring (bicyclic) bond motifs is 1. The summed E-state index contributed by atoms with van der Waals surface area (Å²) in [6.45, 7) is 0. The summed E-state index contributed by atoms with van der Waals surface area (Å²) >= 11 is 7.32. The minimum Gasteiger partial charge on any atom is -0.497 e. The van der Waals surface area contributed by atoms with E-state index in [0.717, 1.165) is 10.2 Å². The van der Waals surface area contributed by atoms with E-state index in [1.165, 1.54) is 18.4 Å². The first-order valence-corrected chi connectivity index (χ1v) is 7.89. The number of methoxy groups -OCH3 is 2. The van der Waals surface area contributed by atoms with Crippen LogP contribution in [-0.2, 0) is 0 Å². The third-order valence-electron chi connectivity index (χ3n) is 3.22. The second-order valence-corrected chi connectivity index (χ2v) is 6.12. The highest BCUT2D eigenvalue weighted by Gasteiger charge is 2.15. The summed E-state index contributed by atoms with van der Waals surface area (Å²) in [6.07, 6.45) is 0. The van der Waals surface area contributed by atoms with Gasteiger partial charge in [0.1, 0.15) is 11.5 Å². The minimum atomic E-state index is -0.314. The number of halogens is 1. The lowest BCUT2D eigenvalue weighted by Crippen LogP contribution is -2.13. The van der Waals surface area contributed by atoms with Gasteiger partial charge in [0.25, 0.3) is 5.91 Å². The van der Waals surface area contributed by atoms with Crippen molar-refractivity contribution in [3.63, 3.8) is 0 Å². The molecular weight excluding hydrogens is 336 g/mol. The molecule has 2 aromatic carbocycles. The highest BCUT2D eigenvalue weighted by molar-refractivity contribution is 7.22. The number of rotatable bonds is 4. The van der Waals surface area contributed by atoms with Gasteiger partial charge in [-0.05, 0) is 36.4 Å². The molecule has 0 bridgehead atoms. The van der Waals surface area contributed by atoms with Crippen molar-refractivity contribution >= 4 is 44.2 Å². The molecule has 5 nitrogen and oxygen atoms in total. The fourth-order valence-corrected chi connectivity index (χ4v) is 3.24. The fourth-order valence-electron chi connectivity index (χ4n) is 2.11. The standard InChI is InChI=1S/C16H13ClN2O3S/c1-21-10-4-6-13(22-2)11(8-10)15(20)19-16-18-12-5-3-9(17)7-14(12)23-16/h3-8H,1-2H3,(H,18,19,20). The van der Waals surface area contributed by atoms with Gasteiger partial charge in [0.05, 0.1) is 30.0 Å². The van der Waals surface area contributed by atoms with E-state index in [1.807, 2.05) is 12.1 Å². The maximum absolute atomic E-state index is 12.5. The lowest BCUT2D eigenvalue weighted by atomic mass is 10.2. The van der Waals surface area contributed by atoms with Crippen molar-refractivity contribution in [2.75, 3.05) is 19.5 Å². The monoisotopic (exact) mass is 348 g/mol. The zero-order valence-electron chi connectivity index (χ0n) is 12.4. The SMILES string of the molecule is COc1ccc(OC)c(C(=O)Nc2nc3ccc(Cl)cc3s2)c1. The second kappa shape index (κ2) is 6.44. The summed E-state index contributed by atoms with van der Waals surface area (Å²) in [5.41, 5.74) is 1.16. The maximum Gasteiger partial charge on any atom is 0.261 e. The topological polar surface area (TPSA) is 60.5 Å². The van der Waals surface area contributed by atoms with E-state index < -0.39 is 0 Å². The molecule has 0 aliphatic carbocycles. The van der Waals surface area contributed by atoms with E-state index in [0.29, 0.717) is 27.2 Å². The van der Waals surface area contributed by atoms with Crippen molar-refractivity contribution in [2.45, 2.75) is 0 Å². The van der Waals surface area contributed by atoms with Gasteiger partial charge in [-0.1, -0.05) is 22.9 Å². The molecule has 0 radical (unpaired) electrons. The van der Waals surface area contributed by atoms with Gasteiger partial charge in [0.15, 0.2) is 5.13 Å². The Morgan fingerprint density at radius 1 is 1.17 bits per heavy atom. The molecule has 0 fully saturated rings. The number of nitrogens with zero attached hydrogens (tertiary/aromatic N) is 1. The third-order valence-corrected chi connectivity index (χ3v) is 4.39.